The van der Waals surface area contributed by atoms with Crippen LogP contribution in [-0.4, -0.2) is 64.8 Å². The highest BCUT2D eigenvalue weighted by Gasteiger charge is 2.48. The lowest BCUT2D eigenvalue weighted by molar-refractivity contribution is -0.127. The van der Waals surface area contributed by atoms with Gasteiger partial charge in [-0.25, -0.2) is 15.2 Å². The summed E-state index contributed by atoms with van der Waals surface area (Å²) in [6.07, 6.45) is 3.84. The molecule has 0 saturated carbocycles. The van der Waals surface area contributed by atoms with Crippen LogP contribution in [0.1, 0.15) is 31.7 Å². The summed E-state index contributed by atoms with van der Waals surface area (Å²) in [4.78, 5) is 32.1. The third kappa shape index (κ3) is 4.11. The van der Waals surface area contributed by atoms with Gasteiger partial charge in [-0.1, -0.05) is 35.7 Å². The van der Waals surface area contributed by atoms with Crippen LogP contribution in [0.5, 0.6) is 5.75 Å². The van der Waals surface area contributed by atoms with Gasteiger partial charge < -0.3 is 14.9 Å². The number of hydrazone groups is 1. The van der Waals surface area contributed by atoms with Crippen molar-refractivity contribution in [1.29, 1.82) is 0 Å². The minimum atomic E-state index is -0.597. The molecule has 1 saturated heterocycles. The molecule has 2 aliphatic heterocycles. The Labute approximate surface area is 171 Å². The Morgan fingerprint density at radius 2 is 2.18 bits per heavy atom. The summed E-state index contributed by atoms with van der Waals surface area (Å²) in [6.45, 7) is 2.72. The topological polar surface area (TPSA) is 110 Å². The molecule has 3 rings (SSSR count). The molecule has 1 fully saturated rings. The number of nitrogens with zero attached hydrogens (tertiary/aromatic N) is 4. The Bertz CT molecular complexity index is 828. The van der Waals surface area contributed by atoms with E-state index in [0.29, 0.717) is 18.1 Å². The van der Waals surface area contributed by atoms with Gasteiger partial charge in [-0.2, -0.15) is 5.10 Å². The maximum Gasteiger partial charge on any atom is 0.325 e. The lowest BCUT2D eigenvalue weighted by Crippen LogP contribution is -2.64. The molecule has 0 bridgehead atoms. The van der Waals surface area contributed by atoms with Gasteiger partial charge in [-0.15, -0.1) is 0 Å². The van der Waals surface area contributed by atoms with E-state index in [-0.39, 0.29) is 11.7 Å². The van der Waals surface area contributed by atoms with Crippen LogP contribution >= 0.6 is 15.9 Å². The molecule has 10 heteroatoms. The summed E-state index contributed by atoms with van der Waals surface area (Å²) in [5, 5.41) is 16.4. The Morgan fingerprint density at radius 1 is 1.39 bits per heavy atom. The minimum absolute atomic E-state index is 0.0975. The summed E-state index contributed by atoms with van der Waals surface area (Å²) >= 11 is 3.35. The number of carbonyl (C=O) groups is 2. The standard InChI is InChI=1S/C18H23BrN6O3/c1-3-4-5-8-25-14-15(24(2)18(28)22-16(14)27)21-17(25)23-20-10-11-9-12(19)6-7-13(11)26/h6-7,9-10,14-15,26H,3-5,8H2,1-2H3,(H,21,23)(H,22,27,28)/b20-10+. The van der Waals surface area contributed by atoms with Gasteiger partial charge >= 0.3 is 6.03 Å². The number of unbranched alkanes of at least 4 members (excludes halogenated alkanes) is 2. The number of urea groups is 1. The molecule has 0 radical (unpaired) electrons. The molecule has 0 aromatic heterocycles. The van der Waals surface area contributed by atoms with E-state index in [1.807, 2.05) is 4.90 Å². The first-order chi connectivity index (χ1) is 13.4. The minimum Gasteiger partial charge on any atom is -0.507 e. The number of hydrogen-bond donors (Lipinski definition) is 3. The van der Waals surface area contributed by atoms with Crippen molar-refractivity contribution in [2.75, 3.05) is 13.6 Å². The zero-order valence-electron chi connectivity index (χ0n) is 15.7. The van der Waals surface area contributed by atoms with Crippen LogP contribution in [-0.2, 0) is 4.79 Å². The summed E-state index contributed by atoms with van der Waals surface area (Å²) in [5.41, 5.74) is 3.40. The number of phenolic OH excluding ortho intramolecular Hbond substituents is 1. The average Bonchev–Trinajstić information content (AvgIpc) is 3.02. The van der Waals surface area contributed by atoms with Gasteiger partial charge in [-0.3, -0.25) is 10.1 Å². The second kappa shape index (κ2) is 8.59. The lowest BCUT2D eigenvalue weighted by Gasteiger charge is -2.36. The van der Waals surface area contributed by atoms with Crippen LogP contribution in [0.2, 0.25) is 0 Å². The van der Waals surface area contributed by atoms with Crippen molar-refractivity contribution in [1.82, 2.24) is 20.5 Å². The Morgan fingerprint density at radius 3 is 2.93 bits per heavy atom. The number of benzene rings is 1. The molecule has 2 aliphatic rings. The Kier molecular flexibility index (Phi) is 6.18. The predicted octanol–water partition coefficient (Wildman–Crippen LogP) is 1.82. The lowest BCUT2D eigenvalue weighted by atomic mass is 10.1. The number of hydrogen-bond acceptors (Lipinski definition) is 7. The van der Waals surface area contributed by atoms with Gasteiger partial charge in [0.25, 0.3) is 5.91 Å². The molecular weight excluding hydrogens is 428 g/mol. The number of imide groups is 1. The molecule has 3 amide bonds. The van der Waals surface area contributed by atoms with Crippen molar-refractivity contribution in [3.05, 3.63) is 28.2 Å². The number of nitrogens with one attached hydrogen (secondary N) is 2. The van der Waals surface area contributed by atoms with Crippen LogP contribution in [0.15, 0.2) is 32.8 Å². The van der Waals surface area contributed by atoms with E-state index in [4.69, 9.17) is 0 Å². The van der Waals surface area contributed by atoms with E-state index in [1.54, 1.807) is 25.2 Å². The number of carbonyl (C=O) groups excluding carboxylic acids is 2. The molecule has 9 nitrogen and oxygen atoms in total. The summed E-state index contributed by atoms with van der Waals surface area (Å²) in [5.74, 6) is 0.160. The van der Waals surface area contributed by atoms with Gasteiger partial charge in [0.15, 0.2) is 12.2 Å². The van der Waals surface area contributed by atoms with E-state index in [0.717, 1.165) is 23.7 Å². The third-order valence-corrected chi connectivity index (χ3v) is 5.21. The molecule has 2 unspecified atom stereocenters. The first-order valence-corrected chi connectivity index (χ1v) is 9.91. The van der Waals surface area contributed by atoms with Crippen molar-refractivity contribution < 1.29 is 14.7 Å². The number of aromatic hydroxyl groups is 1. The molecule has 2 atom stereocenters. The molecule has 3 N–H and O–H groups in total. The quantitative estimate of drug-likeness (QED) is 0.347. The second-order valence-electron chi connectivity index (χ2n) is 6.69. The second-order valence-corrected chi connectivity index (χ2v) is 7.61. The number of phenols is 1. The van der Waals surface area contributed by atoms with Crippen LogP contribution in [0.25, 0.3) is 0 Å². The maximum absolute atomic E-state index is 12.4. The Balaban J connectivity index is 1.79. The average molecular weight is 451 g/mol. The van der Waals surface area contributed by atoms with Crippen molar-refractivity contribution in [2.24, 2.45) is 10.1 Å². The molecule has 0 spiro atoms. The SMILES string of the molecule is CCCCCN1C(N/N=C/c2cc(Br)ccc2O)=NC2C1C(=O)NC(=O)N2C. The highest BCUT2D eigenvalue weighted by atomic mass is 79.9. The van der Waals surface area contributed by atoms with Crippen LogP contribution < -0.4 is 10.7 Å². The number of aliphatic imine (C=N–C) groups is 1. The molecule has 2 heterocycles. The van der Waals surface area contributed by atoms with Gasteiger partial charge in [-0.05, 0) is 24.6 Å². The van der Waals surface area contributed by atoms with Gasteiger partial charge in [0, 0.05) is 23.6 Å². The number of likely N-dealkylation sites (N-methyl/N-ethyl adjacent to an activating group) is 1. The molecule has 0 aliphatic carbocycles. The van der Waals surface area contributed by atoms with E-state index in [9.17, 15) is 14.7 Å². The number of fused-ring (bicyclic) bond motifs is 1. The zero-order chi connectivity index (χ0) is 20.3. The summed E-state index contributed by atoms with van der Waals surface area (Å²) in [7, 11) is 1.61. The molecule has 1 aromatic carbocycles. The van der Waals surface area contributed by atoms with Crippen molar-refractivity contribution in [3.63, 3.8) is 0 Å². The Hall–Kier alpha value is -2.62. The molecular formula is C18H23BrN6O3. The largest absolute Gasteiger partial charge is 0.507 e. The smallest absolute Gasteiger partial charge is 0.325 e. The normalized spacial score (nSPS) is 21.8. The third-order valence-electron chi connectivity index (χ3n) is 4.72. The highest BCUT2D eigenvalue weighted by molar-refractivity contribution is 9.10. The van der Waals surface area contributed by atoms with E-state index >= 15 is 0 Å². The fourth-order valence-electron chi connectivity index (χ4n) is 3.18. The summed E-state index contributed by atoms with van der Waals surface area (Å²) < 4.78 is 0.814. The van der Waals surface area contributed by atoms with Crippen LogP contribution in [0, 0.1) is 0 Å². The number of guanidine groups is 1. The maximum atomic E-state index is 12.4. The predicted molar refractivity (Wildman–Crippen MR) is 109 cm³/mol. The first kappa shape index (κ1) is 20.1. The van der Waals surface area contributed by atoms with E-state index in [2.05, 4.69) is 43.7 Å². The molecule has 150 valence electrons. The fourth-order valence-corrected chi connectivity index (χ4v) is 3.56. The highest BCUT2D eigenvalue weighted by Crippen LogP contribution is 2.24. The van der Waals surface area contributed by atoms with Crippen LogP contribution in [0.3, 0.4) is 0 Å². The zero-order valence-corrected chi connectivity index (χ0v) is 17.3. The fraction of sp³-hybridized carbons (Fsp3) is 0.444. The first-order valence-electron chi connectivity index (χ1n) is 9.12. The van der Waals surface area contributed by atoms with Crippen LogP contribution in [0.4, 0.5) is 4.79 Å². The van der Waals surface area contributed by atoms with Crippen molar-refractivity contribution in [3.8, 4) is 5.75 Å². The van der Waals surface area contributed by atoms with E-state index in [1.165, 1.54) is 11.1 Å². The summed E-state index contributed by atoms with van der Waals surface area (Å²) in [6, 6.07) is 3.97. The monoisotopic (exact) mass is 450 g/mol. The number of amides is 3. The van der Waals surface area contributed by atoms with Crippen molar-refractivity contribution >= 4 is 40.0 Å². The number of halogens is 1. The van der Waals surface area contributed by atoms with E-state index < -0.39 is 18.2 Å². The molecule has 28 heavy (non-hydrogen) atoms. The molecule has 1 aromatic rings. The van der Waals surface area contributed by atoms with Gasteiger partial charge in [0.2, 0.25) is 5.96 Å². The van der Waals surface area contributed by atoms with Gasteiger partial charge in [0.05, 0.1) is 6.21 Å². The van der Waals surface area contributed by atoms with Crippen molar-refractivity contribution in [2.45, 2.75) is 38.4 Å². The van der Waals surface area contributed by atoms with Gasteiger partial charge in [0.1, 0.15) is 5.75 Å². The number of rotatable bonds is 6.